The maximum atomic E-state index is 6.47. The molecule has 0 saturated heterocycles. The van der Waals surface area contributed by atoms with Gasteiger partial charge in [0.2, 0.25) is 0 Å². The molecule has 1 aromatic carbocycles. The first-order valence-electron chi connectivity index (χ1n) is 7.49. The van der Waals surface area contributed by atoms with Crippen LogP contribution in [0.15, 0.2) is 30.5 Å². The summed E-state index contributed by atoms with van der Waals surface area (Å²) in [6.07, 6.45) is 4.53. The van der Waals surface area contributed by atoms with E-state index in [4.69, 9.17) is 11.6 Å². The molecule has 1 aliphatic carbocycles. The highest BCUT2D eigenvalue weighted by molar-refractivity contribution is 6.34. The number of nitrogens with one attached hydrogen (secondary N) is 1. The van der Waals surface area contributed by atoms with E-state index in [1.807, 2.05) is 6.07 Å². The van der Waals surface area contributed by atoms with Gasteiger partial charge in [0.1, 0.15) is 0 Å². The molecule has 0 unspecified atom stereocenters. The van der Waals surface area contributed by atoms with E-state index in [1.165, 1.54) is 18.5 Å². The molecule has 0 spiro atoms. The van der Waals surface area contributed by atoms with Crippen molar-refractivity contribution < 1.29 is 0 Å². The van der Waals surface area contributed by atoms with Gasteiger partial charge in [-0.25, -0.2) is 0 Å². The molecule has 108 valence electrons. The lowest BCUT2D eigenvalue weighted by molar-refractivity contribution is 0.644. The Morgan fingerprint density at radius 2 is 2.10 bits per heavy atom. The summed E-state index contributed by atoms with van der Waals surface area (Å²) in [4.78, 5) is 3.48. The normalized spacial score (nSPS) is 15.2. The van der Waals surface area contributed by atoms with Crippen molar-refractivity contribution in [3.8, 4) is 11.3 Å². The highest BCUT2D eigenvalue weighted by atomic mass is 35.5. The van der Waals surface area contributed by atoms with Crippen molar-refractivity contribution in [1.29, 1.82) is 0 Å². The average molecular weight is 300 g/mol. The molecule has 1 N–H and O–H groups in total. The van der Waals surface area contributed by atoms with Gasteiger partial charge in [0, 0.05) is 28.4 Å². The number of H-pyrrole nitrogens is 1. The molecule has 4 heteroatoms. The number of benzene rings is 1. The first-order chi connectivity index (χ1) is 10.1. The van der Waals surface area contributed by atoms with Gasteiger partial charge in [0.15, 0.2) is 0 Å². The summed E-state index contributed by atoms with van der Waals surface area (Å²) < 4.78 is 2.06. The van der Waals surface area contributed by atoms with Gasteiger partial charge in [-0.3, -0.25) is 4.68 Å². The molecule has 4 rings (SSSR count). The molecule has 0 radical (unpaired) electrons. The minimum absolute atomic E-state index is 0.480. The summed E-state index contributed by atoms with van der Waals surface area (Å²) in [5.41, 5.74) is 4.32. The van der Waals surface area contributed by atoms with Crippen LogP contribution in [-0.2, 0) is 0 Å². The molecule has 0 amide bonds. The van der Waals surface area contributed by atoms with E-state index in [9.17, 15) is 0 Å². The predicted molar refractivity (Wildman–Crippen MR) is 86.9 cm³/mol. The van der Waals surface area contributed by atoms with E-state index < -0.39 is 0 Å². The quantitative estimate of drug-likeness (QED) is 0.713. The second-order valence-corrected chi connectivity index (χ2v) is 6.62. The molecule has 2 aromatic heterocycles. The molecule has 1 aliphatic rings. The van der Waals surface area contributed by atoms with E-state index in [0.29, 0.717) is 12.0 Å². The number of fused-ring (bicyclic) bond motifs is 1. The zero-order valence-electron chi connectivity index (χ0n) is 12.2. The molecular formula is C17H18ClN3. The number of aromatic amines is 1. The lowest BCUT2D eigenvalue weighted by Gasteiger charge is -2.02. The summed E-state index contributed by atoms with van der Waals surface area (Å²) in [5.74, 6) is 0.480. The fourth-order valence-corrected chi connectivity index (χ4v) is 2.98. The fourth-order valence-electron chi connectivity index (χ4n) is 2.71. The van der Waals surface area contributed by atoms with Gasteiger partial charge < -0.3 is 4.98 Å². The Balaban J connectivity index is 1.81. The molecule has 3 nitrogen and oxygen atoms in total. The highest BCUT2D eigenvalue weighted by Gasteiger charge is 2.24. The number of halogens is 1. The Bertz CT molecular complexity index is 809. The maximum absolute atomic E-state index is 6.47. The number of aromatic nitrogens is 3. The van der Waals surface area contributed by atoms with Crippen LogP contribution in [0.1, 0.15) is 44.3 Å². The summed E-state index contributed by atoms with van der Waals surface area (Å²) in [6, 6.07) is 8.98. The third-order valence-corrected chi connectivity index (χ3v) is 4.47. The van der Waals surface area contributed by atoms with Crippen LogP contribution in [0.4, 0.5) is 0 Å². The van der Waals surface area contributed by atoms with Crippen LogP contribution in [0.5, 0.6) is 0 Å². The molecule has 0 bridgehead atoms. The van der Waals surface area contributed by atoms with Gasteiger partial charge in [-0.2, -0.15) is 5.10 Å². The summed E-state index contributed by atoms with van der Waals surface area (Å²) in [7, 11) is 0. The largest absolute Gasteiger partial charge is 0.358 e. The summed E-state index contributed by atoms with van der Waals surface area (Å²) in [5, 5.41) is 6.59. The topological polar surface area (TPSA) is 33.6 Å². The third-order valence-electron chi connectivity index (χ3n) is 4.16. The van der Waals surface area contributed by atoms with Gasteiger partial charge in [0.05, 0.1) is 16.8 Å². The third kappa shape index (κ3) is 2.26. The number of hydrogen-bond donors (Lipinski definition) is 1. The van der Waals surface area contributed by atoms with E-state index >= 15 is 0 Å². The van der Waals surface area contributed by atoms with E-state index in [2.05, 4.69) is 53.0 Å². The van der Waals surface area contributed by atoms with Crippen LogP contribution in [0.2, 0.25) is 5.02 Å². The molecule has 2 heterocycles. The average Bonchev–Trinajstić information content (AvgIpc) is 3.03. The zero-order valence-corrected chi connectivity index (χ0v) is 13.0. The second kappa shape index (κ2) is 4.63. The number of nitrogens with zero attached hydrogens (tertiary/aromatic N) is 2. The lowest BCUT2D eigenvalue weighted by atomic mass is 10.1. The smallest absolute Gasteiger partial charge is 0.0939 e. The van der Waals surface area contributed by atoms with Crippen LogP contribution < -0.4 is 0 Å². The second-order valence-electron chi connectivity index (χ2n) is 6.21. The predicted octanol–water partition coefficient (Wildman–Crippen LogP) is 5.14. The van der Waals surface area contributed by atoms with Gasteiger partial charge >= 0.3 is 0 Å². The minimum Gasteiger partial charge on any atom is -0.358 e. The van der Waals surface area contributed by atoms with Gasteiger partial charge in [-0.15, -0.1) is 0 Å². The molecule has 3 aromatic rings. The van der Waals surface area contributed by atoms with Crippen LogP contribution in [-0.4, -0.2) is 14.8 Å². The Kier molecular flexibility index (Phi) is 2.86. The lowest BCUT2D eigenvalue weighted by Crippen LogP contribution is -1.94. The summed E-state index contributed by atoms with van der Waals surface area (Å²) in [6.45, 7) is 4.37. The Labute approximate surface area is 128 Å². The van der Waals surface area contributed by atoms with Crippen molar-refractivity contribution in [1.82, 2.24) is 14.8 Å². The van der Waals surface area contributed by atoms with Crippen LogP contribution in [0, 0.1) is 0 Å². The summed E-state index contributed by atoms with van der Waals surface area (Å²) >= 11 is 6.47. The van der Waals surface area contributed by atoms with Crippen LogP contribution in [0.25, 0.3) is 22.2 Å². The van der Waals surface area contributed by atoms with E-state index in [1.54, 1.807) is 0 Å². The fraction of sp³-hybridized carbons (Fsp3) is 0.353. The molecular weight excluding hydrogens is 282 g/mol. The van der Waals surface area contributed by atoms with Crippen molar-refractivity contribution >= 4 is 22.5 Å². The van der Waals surface area contributed by atoms with Crippen molar-refractivity contribution in [2.75, 3.05) is 0 Å². The monoisotopic (exact) mass is 299 g/mol. The standard InChI is InChI=1S/C17H18ClN3/c1-10(2)16-8-11-7-14(18)13(9-17(11)19-16)15-5-6-21(20-15)12-3-4-12/h5-10,12,19H,3-4H2,1-2H3. The number of rotatable bonds is 3. The van der Waals surface area contributed by atoms with Gasteiger partial charge in [-0.1, -0.05) is 25.4 Å². The molecule has 0 aliphatic heterocycles. The Morgan fingerprint density at radius 1 is 1.29 bits per heavy atom. The molecule has 0 atom stereocenters. The molecule has 21 heavy (non-hydrogen) atoms. The van der Waals surface area contributed by atoms with Gasteiger partial charge in [-0.05, 0) is 43.0 Å². The minimum atomic E-state index is 0.480. The first kappa shape index (κ1) is 13.0. The maximum Gasteiger partial charge on any atom is 0.0939 e. The first-order valence-corrected chi connectivity index (χ1v) is 7.87. The Morgan fingerprint density at radius 3 is 2.81 bits per heavy atom. The number of hydrogen-bond acceptors (Lipinski definition) is 1. The highest BCUT2D eigenvalue weighted by Crippen LogP contribution is 2.37. The van der Waals surface area contributed by atoms with E-state index in [0.717, 1.165) is 27.2 Å². The zero-order chi connectivity index (χ0) is 14.6. The van der Waals surface area contributed by atoms with E-state index in [-0.39, 0.29) is 0 Å². The van der Waals surface area contributed by atoms with Gasteiger partial charge in [0.25, 0.3) is 0 Å². The van der Waals surface area contributed by atoms with Crippen molar-refractivity contribution in [3.05, 3.63) is 41.2 Å². The molecule has 1 fully saturated rings. The van der Waals surface area contributed by atoms with Crippen molar-refractivity contribution in [2.24, 2.45) is 0 Å². The van der Waals surface area contributed by atoms with Crippen LogP contribution >= 0.6 is 11.6 Å². The SMILES string of the molecule is CC(C)c1cc2cc(Cl)c(-c3ccn(C4CC4)n3)cc2[nH]1. The van der Waals surface area contributed by atoms with Crippen molar-refractivity contribution in [2.45, 2.75) is 38.6 Å². The van der Waals surface area contributed by atoms with Crippen LogP contribution in [0.3, 0.4) is 0 Å². The Hall–Kier alpha value is -1.74. The van der Waals surface area contributed by atoms with Crippen molar-refractivity contribution in [3.63, 3.8) is 0 Å². The molecule has 1 saturated carbocycles.